The molecule has 2 aromatic heterocycles. The number of hydrogen-bond donors (Lipinski definition) is 3. The van der Waals surface area contributed by atoms with Gasteiger partial charge >= 0.3 is 0 Å². The van der Waals surface area contributed by atoms with Gasteiger partial charge in [-0.1, -0.05) is 17.3 Å². The maximum atomic E-state index is 12.7. The Morgan fingerprint density at radius 3 is 2.83 bits per heavy atom. The first-order valence-corrected chi connectivity index (χ1v) is 9.86. The number of aryl methyl sites for hydroxylation is 1. The minimum atomic E-state index is -0.211. The van der Waals surface area contributed by atoms with Gasteiger partial charge in [0.1, 0.15) is 0 Å². The number of nitrogens with one attached hydrogen (secondary N) is 2. The molecule has 1 amide bonds. The molecule has 9 heteroatoms. The van der Waals surface area contributed by atoms with E-state index in [9.17, 15) is 9.90 Å². The minimum Gasteiger partial charge on any atom is -0.393 e. The molecule has 0 atom stereocenters. The van der Waals surface area contributed by atoms with Crippen LogP contribution in [0.1, 0.15) is 47.8 Å². The monoisotopic (exact) mass is 396 g/mol. The van der Waals surface area contributed by atoms with E-state index >= 15 is 0 Å². The standard InChI is InChI=1S/C20H24N6O3/c1-12-23-17(29-26-12)9-10-21-19(28)16-4-2-3-13-11-22-20(25-18(13)16)24-14-5-7-15(27)8-6-14/h2-4,11,14-15,27H,5-10H2,1H3,(H,21,28)(H,22,24,25)/t14-,15-. The Labute approximate surface area is 167 Å². The van der Waals surface area contributed by atoms with Crippen molar-refractivity contribution in [1.82, 2.24) is 25.4 Å². The van der Waals surface area contributed by atoms with Crippen LogP contribution in [0.3, 0.4) is 0 Å². The van der Waals surface area contributed by atoms with E-state index in [1.807, 2.05) is 12.1 Å². The second kappa shape index (κ2) is 8.52. The van der Waals surface area contributed by atoms with Gasteiger partial charge < -0.3 is 20.3 Å². The first-order chi connectivity index (χ1) is 14.1. The molecule has 3 N–H and O–H groups in total. The van der Waals surface area contributed by atoms with Crippen molar-refractivity contribution in [3.8, 4) is 0 Å². The second-order valence-electron chi connectivity index (χ2n) is 7.33. The number of carbonyl (C=O) groups excluding carboxylic acids is 1. The average molecular weight is 396 g/mol. The minimum absolute atomic E-state index is 0.211. The van der Waals surface area contributed by atoms with Crippen LogP contribution in [0.25, 0.3) is 10.9 Å². The maximum absolute atomic E-state index is 12.7. The van der Waals surface area contributed by atoms with Gasteiger partial charge in [0.2, 0.25) is 11.8 Å². The summed E-state index contributed by atoms with van der Waals surface area (Å²) in [5.41, 5.74) is 1.10. The van der Waals surface area contributed by atoms with E-state index in [4.69, 9.17) is 4.52 Å². The quantitative estimate of drug-likeness (QED) is 0.578. The lowest BCUT2D eigenvalue weighted by Gasteiger charge is -2.26. The Morgan fingerprint density at radius 2 is 2.07 bits per heavy atom. The molecule has 0 saturated heterocycles. The Balaban J connectivity index is 1.45. The fourth-order valence-corrected chi connectivity index (χ4v) is 3.53. The van der Waals surface area contributed by atoms with Crippen molar-refractivity contribution < 1.29 is 14.4 Å². The van der Waals surface area contributed by atoms with Crippen LogP contribution >= 0.6 is 0 Å². The van der Waals surface area contributed by atoms with E-state index in [-0.39, 0.29) is 18.1 Å². The molecule has 0 unspecified atom stereocenters. The summed E-state index contributed by atoms with van der Waals surface area (Å²) in [5, 5.41) is 20.4. The third-order valence-corrected chi connectivity index (χ3v) is 5.08. The first kappa shape index (κ1) is 19.3. The molecule has 9 nitrogen and oxygen atoms in total. The zero-order valence-corrected chi connectivity index (χ0v) is 16.3. The van der Waals surface area contributed by atoms with Crippen LogP contribution in [0.5, 0.6) is 0 Å². The van der Waals surface area contributed by atoms with Gasteiger partial charge in [0, 0.05) is 30.6 Å². The van der Waals surface area contributed by atoms with E-state index in [1.54, 1.807) is 19.2 Å². The first-order valence-electron chi connectivity index (χ1n) is 9.86. The molecule has 0 aliphatic heterocycles. The third kappa shape index (κ3) is 4.68. The van der Waals surface area contributed by atoms with Crippen LogP contribution in [0.15, 0.2) is 28.9 Å². The fraction of sp³-hybridized carbons (Fsp3) is 0.450. The smallest absolute Gasteiger partial charge is 0.253 e. The number of benzene rings is 1. The van der Waals surface area contributed by atoms with Gasteiger partial charge in [0.05, 0.1) is 17.2 Å². The number of anilines is 1. The van der Waals surface area contributed by atoms with Gasteiger partial charge in [-0.15, -0.1) is 0 Å². The normalized spacial score (nSPS) is 19.2. The predicted molar refractivity (Wildman–Crippen MR) is 106 cm³/mol. The summed E-state index contributed by atoms with van der Waals surface area (Å²) >= 11 is 0. The lowest BCUT2D eigenvalue weighted by Crippen LogP contribution is -2.29. The SMILES string of the molecule is Cc1noc(CCNC(=O)c2cccc3cnc(N[C@H]4CC[C@H](O)CC4)nc23)n1. The lowest BCUT2D eigenvalue weighted by atomic mass is 9.93. The number of nitrogens with zero attached hydrogens (tertiary/aromatic N) is 4. The summed E-state index contributed by atoms with van der Waals surface area (Å²) in [6.07, 6.45) is 5.28. The molecular formula is C20H24N6O3. The van der Waals surface area contributed by atoms with E-state index in [0.29, 0.717) is 41.7 Å². The summed E-state index contributed by atoms with van der Waals surface area (Å²) in [5.74, 6) is 1.36. The predicted octanol–water partition coefficient (Wildman–Crippen LogP) is 2.01. The molecule has 4 rings (SSSR count). The van der Waals surface area contributed by atoms with Crippen molar-refractivity contribution in [1.29, 1.82) is 0 Å². The number of amides is 1. The zero-order chi connectivity index (χ0) is 20.2. The molecule has 0 radical (unpaired) electrons. The largest absolute Gasteiger partial charge is 0.393 e. The van der Waals surface area contributed by atoms with Crippen molar-refractivity contribution in [3.63, 3.8) is 0 Å². The van der Waals surface area contributed by atoms with Crippen molar-refractivity contribution in [2.75, 3.05) is 11.9 Å². The number of carbonyl (C=O) groups is 1. The molecule has 152 valence electrons. The molecule has 1 aromatic carbocycles. The molecule has 1 saturated carbocycles. The van der Waals surface area contributed by atoms with Gasteiger partial charge in [0.15, 0.2) is 5.82 Å². The molecular weight excluding hydrogens is 372 g/mol. The second-order valence-corrected chi connectivity index (χ2v) is 7.33. The Bertz CT molecular complexity index is 997. The molecule has 29 heavy (non-hydrogen) atoms. The van der Waals surface area contributed by atoms with Gasteiger partial charge in [-0.2, -0.15) is 4.98 Å². The van der Waals surface area contributed by atoms with Crippen LogP contribution in [0, 0.1) is 6.92 Å². The van der Waals surface area contributed by atoms with Crippen LogP contribution in [0.2, 0.25) is 0 Å². The Hall–Kier alpha value is -3.07. The van der Waals surface area contributed by atoms with Gasteiger partial charge in [-0.3, -0.25) is 4.79 Å². The summed E-state index contributed by atoms with van der Waals surface area (Å²) in [6.45, 7) is 2.14. The molecule has 2 heterocycles. The number of rotatable bonds is 6. The van der Waals surface area contributed by atoms with Gasteiger partial charge in [-0.05, 0) is 38.7 Å². The van der Waals surface area contributed by atoms with Gasteiger partial charge in [0.25, 0.3) is 5.91 Å². The van der Waals surface area contributed by atoms with Crippen LogP contribution in [-0.2, 0) is 6.42 Å². The summed E-state index contributed by atoms with van der Waals surface area (Å²) in [6, 6.07) is 5.68. The molecule has 1 fully saturated rings. The van der Waals surface area contributed by atoms with E-state index in [2.05, 4.69) is 30.7 Å². The van der Waals surface area contributed by atoms with Crippen LogP contribution in [-0.4, -0.2) is 49.8 Å². The van der Waals surface area contributed by atoms with E-state index in [0.717, 1.165) is 31.1 Å². The zero-order valence-electron chi connectivity index (χ0n) is 16.3. The van der Waals surface area contributed by atoms with Crippen LogP contribution in [0.4, 0.5) is 5.95 Å². The topological polar surface area (TPSA) is 126 Å². The molecule has 1 aliphatic rings. The van der Waals surface area contributed by atoms with Crippen molar-refractivity contribution >= 4 is 22.8 Å². The number of fused-ring (bicyclic) bond motifs is 1. The molecule has 1 aliphatic carbocycles. The van der Waals surface area contributed by atoms with Crippen molar-refractivity contribution in [3.05, 3.63) is 41.7 Å². The summed E-state index contributed by atoms with van der Waals surface area (Å²) in [4.78, 5) is 25.8. The van der Waals surface area contributed by atoms with Crippen molar-refractivity contribution in [2.45, 2.75) is 51.2 Å². The molecule has 0 spiro atoms. The fourth-order valence-electron chi connectivity index (χ4n) is 3.53. The number of para-hydroxylation sites is 1. The highest BCUT2D eigenvalue weighted by molar-refractivity contribution is 6.05. The highest BCUT2D eigenvalue weighted by atomic mass is 16.5. The number of aliphatic hydroxyl groups is 1. The van der Waals surface area contributed by atoms with E-state index in [1.165, 1.54) is 0 Å². The Kier molecular flexibility index (Phi) is 5.66. The van der Waals surface area contributed by atoms with E-state index < -0.39 is 0 Å². The number of aliphatic hydroxyl groups excluding tert-OH is 1. The highest BCUT2D eigenvalue weighted by Gasteiger charge is 2.20. The highest BCUT2D eigenvalue weighted by Crippen LogP contribution is 2.22. The molecule has 0 bridgehead atoms. The third-order valence-electron chi connectivity index (χ3n) is 5.08. The van der Waals surface area contributed by atoms with Crippen molar-refractivity contribution in [2.24, 2.45) is 0 Å². The summed E-state index contributed by atoms with van der Waals surface area (Å²) in [7, 11) is 0. The number of aromatic nitrogens is 4. The van der Waals surface area contributed by atoms with Gasteiger partial charge in [-0.25, -0.2) is 9.97 Å². The maximum Gasteiger partial charge on any atom is 0.253 e. The average Bonchev–Trinajstić information content (AvgIpc) is 3.14. The molecule has 3 aromatic rings. The number of hydrogen-bond acceptors (Lipinski definition) is 8. The Morgan fingerprint density at radius 1 is 1.24 bits per heavy atom. The lowest BCUT2D eigenvalue weighted by molar-refractivity contribution is 0.0955. The summed E-state index contributed by atoms with van der Waals surface area (Å²) < 4.78 is 5.06. The van der Waals surface area contributed by atoms with Crippen LogP contribution < -0.4 is 10.6 Å².